The van der Waals surface area contributed by atoms with Crippen molar-refractivity contribution < 1.29 is 22.0 Å². The molecule has 0 saturated carbocycles. The van der Waals surface area contributed by atoms with Crippen LogP contribution in [0.1, 0.15) is 5.76 Å². The fourth-order valence-corrected chi connectivity index (χ4v) is 2.08. The van der Waals surface area contributed by atoms with Gasteiger partial charge in [-0.25, -0.2) is 17.9 Å². The highest BCUT2D eigenvalue weighted by molar-refractivity contribution is 7.89. The van der Waals surface area contributed by atoms with Crippen molar-refractivity contribution in [3.8, 4) is 5.75 Å². The molecule has 6 nitrogen and oxygen atoms in total. The first-order valence-electron chi connectivity index (χ1n) is 5.59. The Balaban J connectivity index is 2.11. The molecule has 0 saturated heterocycles. The number of hydrogen-bond donors (Lipinski definition) is 2. The van der Waals surface area contributed by atoms with Gasteiger partial charge < -0.3 is 14.5 Å². The second-order valence-corrected chi connectivity index (χ2v) is 5.46. The summed E-state index contributed by atoms with van der Waals surface area (Å²) >= 11 is 0. The van der Waals surface area contributed by atoms with Gasteiger partial charge in [0.1, 0.15) is 17.3 Å². The molecule has 1 heterocycles. The molecule has 1 aromatic heterocycles. The topological polar surface area (TPSA) is 94.6 Å². The number of rotatable bonds is 5. The SMILES string of the molecule is COc1cc(F)ccc1NCc1ccc(S(N)(=O)=O)o1. The van der Waals surface area contributed by atoms with Crippen molar-refractivity contribution in [2.45, 2.75) is 11.6 Å². The van der Waals surface area contributed by atoms with E-state index in [9.17, 15) is 12.8 Å². The van der Waals surface area contributed by atoms with Crippen LogP contribution in [0.15, 0.2) is 39.8 Å². The molecule has 20 heavy (non-hydrogen) atoms. The molecular weight excluding hydrogens is 287 g/mol. The van der Waals surface area contributed by atoms with Crippen LogP contribution in [0.2, 0.25) is 0 Å². The molecule has 2 aromatic rings. The van der Waals surface area contributed by atoms with Crippen LogP contribution >= 0.6 is 0 Å². The van der Waals surface area contributed by atoms with Crippen molar-refractivity contribution in [3.63, 3.8) is 0 Å². The van der Waals surface area contributed by atoms with E-state index in [2.05, 4.69) is 5.32 Å². The summed E-state index contributed by atoms with van der Waals surface area (Å²) in [6.07, 6.45) is 0. The van der Waals surface area contributed by atoms with Crippen molar-refractivity contribution in [2.24, 2.45) is 5.14 Å². The fraction of sp³-hybridized carbons (Fsp3) is 0.167. The quantitative estimate of drug-likeness (QED) is 0.876. The van der Waals surface area contributed by atoms with E-state index in [4.69, 9.17) is 14.3 Å². The van der Waals surface area contributed by atoms with Gasteiger partial charge in [0.15, 0.2) is 0 Å². The molecular formula is C12H13FN2O4S. The first-order chi connectivity index (χ1) is 9.40. The smallest absolute Gasteiger partial charge is 0.271 e. The number of methoxy groups -OCH3 is 1. The van der Waals surface area contributed by atoms with Gasteiger partial charge in [-0.2, -0.15) is 0 Å². The van der Waals surface area contributed by atoms with Gasteiger partial charge in [0.05, 0.1) is 19.3 Å². The number of primary sulfonamides is 1. The molecule has 0 radical (unpaired) electrons. The van der Waals surface area contributed by atoms with Crippen LogP contribution in [0.25, 0.3) is 0 Å². The zero-order valence-electron chi connectivity index (χ0n) is 10.6. The number of ether oxygens (including phenoxy) is 1. The monoisotopic (exact) mass is 300 g/mol. The maximum Gasteiger partial charge on any atom is 0.271 e. The Morgan fingerprint density at radius 1 is 1.35 bits per heavy atom. The Kier molecular flexibility index (Phi) is 3.96. The van der Waals surface area contributed by atoms with Gasteiger partial charge in [-0.3, -0.25) is 0 Å². The molecule has 0 aliphatic heterocycles. The molecule has 8 heteroatoms. The van der Waals surface area contributed by atoms with Crippen molar-refractivity contribution in [1.82, 2.24) is 0 Å². The molecule has 0 amide bonds. The minimum Gasteiger partial charge on any atom is -0.494 e. The summed E-state index contributed by atoms with van der Waals surface area (Å²) in [4.78, 5) is 0. The minimum absolute atomic E-state index is 0.206. The van der Waals surface area contributed by atoms with Crippen LogP contribution in [0.4, 0.5) is 10.1 Å². The highest BCUT2D eigenvalue weighted by Gasteiger charge is 2.13. The van der Waals surface area contributed by atoms with Crippen LogP contribution in [-0.4, -0.2) is 15.5 Å². The molecule has 0 aliphatic rings. The molecule has 1 aromatic carbocycles. The zero-order chi connectivity index (χ0) is 14.8. The van der Waals surface area contributed by atoms with E-state index in [1.807, 2.05) is 0 Å². The normalized spacial score (nSPS) is 11.3. The average molecular weight is 300 g/mol. The summed E-state index contributed by atoms with van der Waals surface area (Å²) in [5.74, 6) is 0.297. The Bertz CT molecular complexity index is 712. The number of nitrogens with one attached hydrogen (secondary N) is 1. The van der Waals surface area contributed by atoms with Crippen molar-refractivity contribution in [3.05, 3.63) is 41.9 Å². The van der Waals surface area contributed by atoms with Crippen LogP contribution < -0.4 is 15.2 Å². The summed E-state index contributed by atoms with van der Waals surface area (Å²) in [6.45, 7) is 0.206. The summed E-state index contributed by atoms with van der Waals surface area (Å²) in [7, 11) is -2.43. The van der Waals surface area contributed by atoms with Gasteiger partial charge in [0.25, 0.3) is 10.0 Å². The van der Waals surface area contributed by atoms with Gasteiger partial charge in [-0.15, -0.1) is 0 Å². The average Bonchev–Trinajstić information content (AvgIpc) is 2.86. The molecule has 108 valence electrons. The third-order valence-electron chi connectivity index (χ3n) is 2.53. The number of furan rings is 1. The van der Waals surface area contributed by atoms with E-state index in [1.54, 1.807) is 0 Å². The lowest BCUT2D eigenvalue weighted by Gasteiger charge is -2.09. The standard InChI is InChI=1S/C12H13FN2O4S/c1-18-11-6-8(13)2-4-10(11)15-7-9-3-5-12(19-9)20(14,16)17/h2-6,15H,7H2,1H3,(H2,14,16,17). The van der Waals surface area contributed by atoms with Gasteiger partial charge >= 0.3 is 0 Å². The van der Waals surface area contributed by atoms with E-state index >= 15 is 0 Å². The second kappa shape index (κ2) is 5.51. The number of hydrogen-bond acceptors (Lipinski definition) is 5. The van der Waals surface area contributed by atoms with Crippen molar-refractivity contribution in [2.75, 3.05) is 12.4 Å². The third-order valence-corrected chi connectivity index (χ3v) is 3.31. The van der Waals surface area contributed by atoms with E-state index in [1.165, 1.54) is 37.4 Å². The maximum atomic E-state index is 13.0. The maximum absolute atomic E-state index is 13.0. The van der Waals surface area contributed by atoms with Crippen molar-refractivity contribution >= 4 is 15.7 Å². The number of nitrogens with two attached hydrogens (primary N) is 1. The Morgan fingerprint density at radius 2 is 2.10 bits per heavy atom. The molecule has 0 fully saturated rings. The first kappa shape index (κ1) is 14.4. The largest absolute Gasteiger partial charge is 0.494 e. The fourth-order valence-electron chi connectivity index (χ4n) is 1.60. The number of sulfonamides is 1. The predicted octanol–water partition coefficient (Wildman–Crippen LogP) is 1.69. The van der Waals surface area contributed by atoms with E-state index in [-0.39, 0.29) is 11.6 Å². The zero-order valence-corrected chi connectivity index (χ0v) is 11.4. The van der Waals surface area contributed by atoms with Crippen LogP contribution in [0.5, 0.6) is 5.75 Å². The summed E-state index contributed by atoms with van der Waals surface area (Å²) in [5.41, 5.74) is 0.558. The van der Waals surface area contributed by atoms with Crippen LogP contribution in [0, 0.1) is 5.82 Å². The van der Waals surface area contributed by atoms with Crippen molar-refractivity contribution in [1.29, 1.82) is 0 Å². The highest BCUT2D eigenvalue weighted by atomic mass is 32.2. The molecule has 0 unspecified atom stereocenters. The Labute approximate surface area is 115 Å². The number of halogens is 1. The lowest BCUT2D eigenvalue weighted by Crippen LogP contribution is -2.10. The van der Waals surface area contributed by atoms with Gasteiger partial charge in [0.2, 0.25) is 5.09 Å². The predicted molar refractivity (Wildman–Crippen MR) is 70.4 cm³/mol. The Hall–Kier alpha value is -2.06. The first-order valence-corrected chi connectivity index (χ1v) is 7.13. The highest BCUT2D eigenvalue weighted by Crippen LogP contribution is 2.25. The minimum atomic E-state index is -3.85. The van der Waals surface area contributed by atoms with E-state index in [0.717, 1.165) is 0 Å². The summed E-state index contributed by atoms with van der Waals surface area (Å²) in [5, 5.41) is 7.58. The van der Waals surface area contributed by atoms with Gasteiger partial charge in [-0.1, -0.05) is 0 Å². The number of anilines is 1. The summed E-state index contributed by atoms with van der Waals surface area (Å²) in [6, 6.07) is 6.79. The molecule has 0 bridgehead atoms. The molecule has 0 atom stereocenters. The number of benzene rings is 1. The second-order valence-electron chi connectivity index (χ2n) is 3.96. The van der Waals surface area contributed by atoms with Gasteiger partial charge in [-0.05, 0) is 24.3 Å². The van der Waals surface area contributed by atoms with E-state index < -0.39 is 15.8 Å². The summed E-state index contributed by atoms with van der Waals surface area (Å²) < 4.78 is 45.2. The van der Waals surface area contributed by atoms with Crippen LogP contribution in [-0.2, 0) is 16.6 Å². The molecule has 0 aliphatic carbocycles. The molecule has 0 spiro atoms. The molecule has 2 rings (SSSR count). The lowest BCUT2D eigenvalue weighted by molar-refractivity contribution is 0.410. The lowest BCUT2D eigenvalue weighted by atomic mass is 10.2. The van der Waals surface area contributed by atoms with E-state index in [0.29, 0.717) is 17.2 Å². The Morgan fingerprint density at radius 3 is 2.70 bits per heavy atom. The third kappa shape index (κ3) is 3.28. The molecule has 3 N–H and O–H groups in total. The van der Waals surface area contributed by atoms with Gasteiger partial charge in [0, 0.05) is 6.07 Å². The van der Waals surface area contributed by atoms with Crippen LogP contribution in [0.3, 0.4) is 0 Å².